The van der Waals surface area contributed by atoms with Gasteiger partial charge in [-0.2, -0.15) is 0 Å². The van der Waals surface area contributed by atoms with Gasteiger partial charge in [-0.05, 0) is 35.2 Å². The van der Waals surface area contributed by atoms with Crippen molar-refractivity contribution in [3.8, 4) is 0 Å². The molecule has 104 valence electrons. The summed E-state index contributed by atoms with van der Waals surface area (Å²) in [4.78, 5) is 2.23. The molecule has 2 heterocycles. The highest BCUT2D eigenvalue weighted by Gasteiger charge is 2.25. The monoisotopic (exact) mass is 275 g/mol. The molecule has 1 aliphatic heterocycles. The van der Waals surface area contributed by atoms with Crippen LogP contribution in [0.1, 0.15) is 11.1 Å². The van der Waals surface area contributed by atoms with Crippen LogP contribution in [0.2, 0.25) is 0 Å². The summed E-state index contributed by atoms with van der Waals surface area (Å²) in [5, 5.41) is 1.25. The summed E-state index contributed by atoms with van der Waals surface area (Å²) in [6.45, 7) is 5.07. The zero-order valence-electron chi connectivity index (χ0n) is 12.0. The Morgan fingerprint density at radius 2 is 2.00 bits per heavy atom. The Hall–Kier alpha value is -2.68. The maximum atomic E-state index is 6.11. The molecule has 0 saturated carbocycles. The van der Waals surface area contributed by atoms with Crippen molar-refractivity contribution in [3.05, 3.63) is 66.4 Å². The Kier molecular flexibility index (Phi) is 2.39. The van der Waals surface area contributed by atoms with Crippen molar-refractivity contribution in [1.82, 2.24) is 4.57 Å². The molecule has 1 aliphatic rings. The lowest BCUT2D eigenvalue weighted by Gasteiger charge is -2.20. The molecule has 3 nitrogen and oxygen atoms in total. The Bertz CT molecular complexity index is 873. The fraction of sp³-hybridized carbons (Fsp3) is 0.111. The lowest BCUT2D eigenvalue weighted by atomic mass is 10.1. The number of nitrogens with two attached hydrogens (primary N) is 1. The van der Waals surface area contributed by atoms with Crippen molar-refractivity contribution in [3.63, 3.8) is 0 Å². The first-order valence-corrected chi connectivity index (χ1v) is 7.04. The van der Waals surface area contributed by atoms with Gasteiger partial charge in [-0.3, -0.25) is 0 Å². The fourth-order valence-corrected chi connectivity index (χ4v) is 3.17. The van der Waals surface area contributed by atoms with Gasteiger partial charge in [0.15, 0.2) is 0 Å². The van der Waals surface area contributed by atoms with Crippen molar-refractivity contribution in [2.45, 2.75) is 6.54 Å². The number of aryl methyl sites for hydroxylation is 1. The molecule has 0 radical (unpaired) electrons. The van der Waals surface area contributed by atoms with Crippen LogP contribution in [0.5, 0.6) is 0 Å². The molecule has 0 bridgehead atoms. The summed E-state index contributed by atoms with van der Waals surface area (Å²) in [6.07, 6.45) is 2.08. The molecular formula is C18H17N3. The minimum absolute atomic E-state index is 0.806. The molecule has 3 aromatic rings. The topological polar surface area (TPSA) is 34.2 Å². The molecule has 0 unspecified atom stereocenters. The van der Waals surface area contributed by atoms with E-state index in [9.17, 15) is 0 Å². The molecule has 21 heavy (non-hydrogen) atoms. The predicted molar refractivity (Wildman–Crippen MR) is 89.0 cm³/mol. The minimum atomic E-state index is 0.806. The summed E-state index contributed by atoms with van der Waals surface area (Å²) in [5.74, 6) is 0. The van der Waals surface area contributed by atoms with E-state index in [0.717, 1.165) is 29.2 Å². The van der Waals surface area contributed by atoms with Gasteiger partial charge in [-0.1, -0.05) is 24.8 Å². The second kappa shape index (κ2) is 4.16. The van der Waals surface area contributed by atoms with Crippen molar-refractivity contribution in [1.29, 1.82) is 0 Å². The number of hydrogen-bond acceptors (Lipinski definition) is 2. The van der Waals surface area contributed by atoms with Crippen LogP contribution < -0.4 is 10.6 Å². The normalized spacial score (nSPS) is 14.0. The average molecular weight is 275 g/mol. The van der Waals surface area contributed by atoms with E-state index in [1.165, 1.54) is 16.5 Å². The fourth-order valence-electron chi connectivity index (χ4n) is 3.17. The van der Waals surface area contributed by atoms with Crippen LogP contribution in [0.15, 0.2) is 55.2 Å². The number of nitrogens with zero attached hydrogens (tertiary/aromatic N) is 2. The summed E-state index contributed by atoms with van der Waals surface area (Å²) in [6, 6.07) is 14.7. The number of anilines is 2. The molecule has 1 aromatic heterocycles. The first-order chi connectivity index (χ1) is 10.1. The minimum Gasteiger partial charge on any atom is -0.398 e. The highest BCUT2D eigenvalue weighted by Crippen LogP contribution is 2.39. The number of benzene rings is 2. The molecular weight excluding hydrogens is 258 g/mol. The number of rotatable bonds is 1. The third-order valence-electron chi connectivity index (χ3n) is 4.31. The number of nitrogen functional groups attached to an aromatic ring is 1. The van der Waals surface area contributed by atoms with E-state index in [1.54, 1.807) is 0 Å². The van der Waals surface area contributed by atoms with E-state index < -0.39 is 0 Å². The Morgan fingerprint density at radius 1 is 1.14 bits per heavy atom. The lowest BCUT2D eigenvalue weighted by molar-refractivity contribution is 0.967. The van der Waals surface area contributed by atoms with Crippen LogP contribution >= 0.6 is 0 Å². The number of fused-ring (bicyclic) bond motifs is 2. The second-order valence-electron chi connectivity index (χ2n) is 5.58. The summed E-state index contributed by atoms with van der Waals surface area (Å²) >= 11 is 0. The molecule has 0 aliphatic carbocycles. The van der Waals surface area contributed by atoms with Crippen LogP contribution in [0.4, 0.5) is 11.4 Å². The van der Waals surface area contributed by atoms with Crippen LogP contribution in [-0.2, 0) is 13.6 Å². The maximum Gasteiger partial charge on any atom is 0.0498 e. The molecule has 3 heteroatoms. The highest BCUT2D eigenvalue weighted by molar-refractivity contribution is 5.92. The van der Waals surface area contributed by atoms with Gasteiger partial charge in [-0.15, -0.1) is 0 Å². The SMILES string of the molecule is C=C1c2c(N)cccc2CN1c1ccc2ccn(C)c2c1. The zero-order valence-corrected chi connectivity index (χ0v) is 12.0. The van der Waals surface area contributed by atoms with Crippen LogP contribution in [0, 0.1) is 0 Å². The molecule has 0 saturated heterocycles. The molecule has 0 amide bonds. The van der Waals surface area contributed by atoms with E-state index in [4.69, 9.17) is 5.73 Å². The number of aromatic nitrogens is 1. The average Bonchev–Trinajstić information content (AvgIpc) is 3.01. The van der Waals surface area contributed by atoms with Gasteiger partial charge >= 0.3 is 0 Å². The van der Waals surface area contributed by atoms with Crippen molar-refractivity contribution >= 4 is 28.0 Å². The second-order valence-corrected chi connectivity index (χ2v) is 5.58. The lowest BCUT2D eigenvalue weighted by Crippen LogP contribution is -2.13. The van der Waals surface area contributed by atoms with Crippen LogP contribution in [0.3, 0.4) is 0 Å². The zero-order chi connectivity index (χ0) is 14.6. The summed E-state index contributed by atoms with van der Waals surface area (Å²) in [5.41, 5.74) is 12.6. The standard InChI is InChI=1S/C18H17N3/c1-12-18-14(4-3-5-16(18)19)11-21(12)15-7-6-13-8-9-20(2)17(13)10-15/h3-10H,1,11,19H2,2H3. The Labute approximate surface area is 123 Å². The quantitative estimate of drug-likeness (QED) is 0.686. The van der Waals surface area contributed by atoms with Gasteiger partial charge in [0.1, 0.15) is 0 Å². The van der Waals surface area contributed by atoms with E-state index in [0.29, 0.717) is 0 Å². The predicted octanol–water partition coefficient (Wildman–Crippen LogP) is 3.75. The maximum absolute atomic E-state index is 6.11. The van der Waals surface area contributed by atoms with E-state index in [1.807, 2.05) is 12.1 Å². The van der Waals surface area contributed by atoms with E-state index in [2.05, 4.69) is 59.6 Å². The van der Waals surface area contributed by atoms with Crippen molar-refractivity contribution in [2.24, 2.45) is 7.05 Å². The van der Waals surface area contributed by atoms with Gasteiger partial charge in [0, 0.05) is 47.9 Å². The van der Waals surface area contributed by atoms with Gasteiger partial charge in [0.25, 0.3) is 0 Å². The Morgan fingerprint density at radius 3 is 2.81 bits per heavy atom. The summed E-state index contributed by atoms with van der Waals surface area (Å²) < 4.78 is 2.14. The molecule has 0 spiro atoms. The molecule has 2 aromatic carbocycles. The van der Waals surface area contributed by atoms with Gasteiger partial charge in [0.05, 0.1) is 0 Å². The van der Waals surface area contributed by atoms with Crippen LogP contribution in [0.25, 0.3) is 16.6 Å². The van der Waals surface area contributed by atoms with Crippen LogP contribution in [-0.4, -0.2) is 4.57 Å². The molecule has 0 fully saturated rings. The van der Waals surface area contributed by atoms with Crippen molar-refractivity contribution < 1.29 is 0 Å². The summed E-state index contributed by atoms with van der Waals surface area (Å²) in [7, 11) is 2.07. The molecule has 0 atom stereocenters. The molecule has 2 N–H and O–H groups in total. The Balaban J connectivity index is 1.82. The van der Waals surface area contributed by atoms with Gasteiger partial charge < -0.3 is 15.2 Å². The van der Waals surface area contributed by atoms with Gasteiger partial charge in [-0.25, -0.2) is 0 Å². The van der Waals surface area contributed by atoms with E-state index >= 15 is 0 Å². The smallest absolute Gasteiger partial charge is 0.0498 e. The first-order valence-electron chi connectivity index (χ1n) is 7.04. The van der Waals surface area contributed by atoms with E-state index in [-0.39, 0.29) is 0 Å². The highest BCUT2D eigenvalue weighted by atomic mass is 15.2. The number of hydrogen-bond donors (Lipinski definition) is 1. The third kappa shape index (κ3) is 1.67. The molecule has 4 rings (SSSR count). The van der Waals surface area contributed by atoms with Gasteiger partial charge in [0.2, 0.25) is 0 Å². The first kappa shape index (κ1) is 12.1. The van der Waals surface area contributed by atoms with Crippen molar-refractivity contribution in [2.75, 3.05) is 10.6 Å². The largest absolute Gasteiger partial charge is 0.398 e. The third-order valence-corrected chi connectivity index (χ3v) is 4.31.